The van der Waals surface area contributed by atoms with Crippen molar-refractivity contribution in [1.29, 1.82) is 0 Å². The lowest BCUT2D eigenvalue weighted by Crippen LogP contribution is -2.62. The molecule has 0 aromatic rings. The molecule has 2 aliphatic rings. The molecule has 4 atom stereocenters. The highest BCUT2D eigenvalue weighted by molar-refractivity contribution is 5.03. The molecule has 112 valence electrons. The summed E-state index contributed by atoms with van der Waals surface area (Å²) in [6.45, 7) is 8.18. The van der Waals surface area contributed by atoms with Gasteiger partial charge in [-0.25, -0.2) is 0 Å². The van der Waals surface area contributed by atoms with Gasteiger partial charge < -0.3 is 15.4 Å². The Morgan fingerprint density at radius 2 is 2.11 bits per heavy atom. The summed E-state index contributed by atoms with van der Waals surface area (Å²) in [4.78, 5) is 0. The highest BCUT2D eigenvalue weighted by Crippen LogP contribution is 2.42. The van der Waals surface area contributed by atoms with Crippen LogP contribution in [-0.2, 0) is 4.74 Å². The van der Waals surface area contributed by atoms with E-state index in [1.54, 1.807) is 0 Å². The molecule has 4 unspecified atom stereocenters. The van der Waals surface area contributed by atoms with Crippen LogP contribution in [0.2, 0.25) is 0 Å². The molecule has 1 saturated carbocycles. The summed E-state index contributed by atoms with van der Waals surface area (Å²) in [6, 6.07) is 1.92. The first-order valence-corrected chi connectivity index (χ1v) is 8.06. The van der Waals surface area contributed by atoms with E-state index in [4.69, 9.17) is 4.74 Å². The second-order valence-electron chi connectivity index (χ2n) is 7.14. The second kappa shape index (κ2) is 6.55. The molecular weight excluding hydrogens is 236 g/mol. The maximum Gasteiger partial charge on any atom is 0.0652 e. The minimum atomic E-state index is 0.278. The predicted octanol–water partition coefficient (Wildman–Crippen LogP) is 2.70. The van der Waals surface area contributed by atoms with Crippen molar-refractivity contribution < 1.29 is 4.74 Å². The monoisotopic (exact) mass is 268 g/mol. The van der Waals surface area contributed by atoms with Gasteiger partial charge in [0.2, 0.25) is 0 Å². The molecule has 0 radical (unpaired) electrons. The maximum absolute atomic E-state index is 5.53. The Bertz CT molecular complexity index is 272. The number of methoxy groups -OCH3 is 1. The zero-order chi connectivity index (χ0) is 13.9. The fourth-order valence-corrected chi connectivity index (χ4v) is 3.71. The first kappa shape index (κ1) is 15.3. The molecule has 1 heterocycles. The quantitative estimate of drug-likeness (QED) is 0.804. The van der Waals surface area contributed by atoms with Gasteiger partial charge in [-0.3, -0.25) is 0 Å². The number of rotatable bonds is 5. The molecule has 1 aliphatic carbocycles. The molecule has 2 fully saturated rings. The normalized spacial score (nSPS) is 36.3. The lowest BCUT2D eigenvalue weighted by Gasteiger charge is -2.52. The van der Waals surface area contributed by atoms with Crippen molar-refractivity contribution in [3.8, 4) is 0 Å². The van der Waals surface area contributed by atoms with Crippen molar-refractivity contribution in [2.75, 3.05) is 13.7 Å². The van der Waals surface area contributed by atoms with Gasteiger partial charge in [0.05, 0.1) is 6.10 Å². The highest BCUT2D eigenvalue weighted by Gasteiger charge is 2.48. The Morgan fingerprint density at radius 3 is 2.79 bits per heavy atom. The van der Waals surface area contributed by atoms with E-state index >= 15 is 0 Å². The SMILES string of the molecule is COC1CC(NC(C)CC2CCCCCN2)C1(C)C. The molecule has 0 amide bonds. The Balaban J connectivity index is 1.74. The number of ether oxygens (including phenoxy) is 1. The van der Waals surface area contributed by atoms with Crippen LogP contribution < -0.4 is 10.6 Å². The molecule has 0 aromatic carbocycles. The zero-order valence-corrected chi connectivity index (χ0v) is 13.2. The van der Waals surface area contributed by atoms with Crippen LogP contribution in [0.1, 0.15) is 59.3 Å². The van der Waals surface area contributed by atoms with Crippen LogP contribution in [0.3, 0.4) is 0 Å². The molecule has 0 bridgehead atoms. The summed E-state index contributed by atoms with van der Waals surface area (Å²) in [5, 5.41) is 7.52. The molecule has 2 N–H and O–H groups in total. The molecule has 3 nitrogen and oxygen atoms in total. The van der Waals surface area contributed by atoms with E-state index in [1.807, 2.05) is 7.11 Å². The molecule has 1 aliphatic heterocycles. The lowest BCUT2D eigenvalue weighted by molar-refractivity contribution is -0.100. The first-order chi connectivity index (χ1) is 9.04. The smallest absolute Gasteiger partial charge is 0.0652 e. The van der Waals surface area contributed by atoms with Crippen molar-refractivity contribution in [3.05, 3.63) is 0 Å². The van der Waals surface area contributed by atoms with Gasteiger partial charge in [-0.15, -0.1) is 0 Å². The minimum Gasteiger partial charge on any atom is -0.381 e. The van der Waals surface area contributed by atoms with Crippen molar-refractivity contribution in [2.24, 2.45) is 5.41 Å². The largest absolute Gasteiger partial charge is 0.381 e. The van der Waals surface area contributed by atoms with Gasteiger partial charge in [-0.1, -0.05) is 26.7 Å². The summed E-state index contributed by atoms with van der Waals surface area (Å²) in [5.41, 5.74) is 0.278. The van der Waals surface area contributed by atoms with Crippen molar-refractivity contribution >= 4 is 0 Å². The standard InChI is InChI=1S/C16H32N2O/c1-12(10-13-8-6-5-7-9-17-13)18-14-11-15(19-4)16(14,2)3/h12-15,17-18H,5-11H2,1-4H3. The average Bonchev–Trinajstić information content (AvgIpc) is 2.62. The Kier molecular flexibility index (Phi) is 5.27. The second-order valence-corrected chi connectivity index (χ2v) is 7.14. The van der Waals surface area contributed by atoms with E-state index in [9.17, 15) is 0 Å². The van der Waals surface area contributed by atoms with E-state index in [0.29, 0.717) is 24.2 Å². The van der Waals surface area contributed by atoms with Gasteiger partial charge in [0, 0.05) is 30.7 Å². The van der Waals surface area contributed by atoms with E-state index in [0.717, 1.165) is 6.42 Å². The Morgan fingerprint density at radius 1 is 1.32 bits per heavy atom. The molecule has 19 heavy (non-hydrogen) atoms. The first-order valence-electron chi connectivity index (χ1n) is 8.06. The average molecular weight is 268 g/mol. The van der Waals surface area contributed by atoms with E-state index in [1.165, 1.54) is 38.6 Å². The summed E-state index contributed by atoms with van der Waals surface area (Å²) < 4.78 is 5.53. The van der Waals surface area contributed by atoms with Gasteiger partial charge in [0.1, 0.15) is 0 Å². The number of nitrogens with one attached hydrogen (secondary N) is 2. The number of hydrogen-bond donors (Lipinski definition) is 2. The topological polar surface area (TPSA) is 33.3 Å². The molecule has 1 saturated heterocycles. The summed E-state index contributed by atoms with van der Waals surface area (Å²) in [6.07, 6.45) is 8.33. The fraction of sp³-hybridized carbons (Fsp3) is 1.00. The van der Waals surface area contributed by atoms with Crippen LogP contribution in [0.5, 0.6) is 0 Å². The summed E-state index contributed by atoms with van der Waals surface area (Å²) >= 11 is 0. The minimum absolute atomic E-state index is 0.278. The van der Waals surface area contributed by atoms with Gasteiger partial charge in [0.15, 0.2) is 0 Å². The molecule has 3 heteroatoms. The van der Waals surface area contributed by atoms with Crippen molar-refractivity contribution in [3.63, 3.8) is 0 Å². The Hall–Kier alpha value is -0.120. The van der Waals surface area contributed by atoms with Crippen LogP contribution in [-0.4, -0.2) is 37.9 Å². The van der Waals surface area contributed by atoms with E-state index in [2.05, 4.69) is 31.4 Å². The molecule has 0 aromatic heterocycles. The van der Waals surface area contributed by atoms with Gasteiger partial charge >= 0.3 is 0 Å². The highest BCUT2D eigenvalue weighted by atomic mass is 16.5. The van der Waals surface area contributed by atoms with Crippen molar-refractivity contribution in [1.82, 2.24) is 10.6 Å². The van der Waals surface area contributed by atoms with E-state index < -0.39 is 0 Å². The third-order valence-electron chi connectivity index (χ3n) is 5.25. The van der Waals surface area contributed by atoms with Crippen LogP contribution in [0, 0.1) is 5.41 Å². The van der Waals surface area contributed by atoms with Crippen LogP contribution >= 0.6 is 0 Å². The van der Waals surface area contributed by atoms with Gasteiger partial charge in [-0.2, -0.15) is 0 Å². The van der Waals surface area contributed by atoms with Crippen LogP contribution in [0.25, 0.3) is 0 Å². The van der Waals surface area contributed by atoms with E-state index in [-0.39, 0.29) is 5.41 Å². The lowest BCUT2D eigenvalue weighted by atomic mass is 9.64. The predicted molar refractivity (Wildman–Crippen MR) is 80.5 cm³/mol. The zero-order valence-electron chi connectivity index (χ0n) is 13.2. The summed E-state index contributed by atoms with van der Waals surface area (Å²) in [7, 11) is 1.83. The molecule has 2 rings (SSSR count). The van der Waals surface area contributed by atoms with Crippen molar-refractivity contribution in [2.45, 2.75) is 83.5 Å². The third kappa shape index (κ3) is 3.71. The van der Waals surface area contributed by atoms with Gasteiger partial charge in [0.25, 0.3) is 0 Å². The molecule has 0 spiro atoms. The summed E-state index contributed by atoms with van der Waals surface area (Å²) in [5.74, 6) is 0. The van der Waals surface area contributed by atoms with Gasteiger partial charge in [-0.05, 0) is 39.2 Å². The van der Waals surface area contributed by atoms with Crippen LogP contribution in [0.4, 0.5) is 0 Å². The molecular formula is C16H32N2O. The Labute approximate surface area is 118 Å². The fourth-order valence-electron chi connectivity index (χ4n) is 3.71. The third-order valence-corrected chi connectivity index (χ3v) is 5.25. The maximum atomic E-state index is 5.53. The number of hydrogen-bond acceptors (Lipinski definition) is 3. The van der Waals surface area contributed by atoms with Crippen LogP contribution in [0.15, 0.2) is 0 Å².